The molecular weight excluding hydrogens is 347 g/mol. The number of nitrogens with two attached hydrogens (primary N) is 1. The Labute approximate surface area is 155 Å². The summed E-state index contributed by atoms with van der Waals surface area (Å²) in [5.41, 5.74) is 7.14. The lowest BCUT2D eigenvalue weighted by atomic mass is 9.65. The normalized spacial score (nSPS) is 28.7. The van der Waals surface area contributed by atoms with Gasteiger partial charge in [-0.1, -0.05) is 18.0 Å². The van der Waals surface area contributed by atoms with E-state index in [9.17, 15) is 4.79 Å². The second kappa shape index (κ2) is 7.94. The van der Waals surface area contributed by atoms with Crippen molar-refractivity contribution in [2.45, 2.75) is 38.1 Å². The summed E-state index contributed by atoms with van der Waals surface area (Å²) in [4.78, 5) is 14.6. The van der Waals surface area contributed by atoms with Crippen molar-refractivity contribution in [3.8, 4) is 5.75 Å². The van der Waals surface area contributed by atoms with E-state index >= 15 is 0 Å². The van der Waals surface area contributed by atoms with Gasteiger partial charge in [-0.15, -0.1) is 12.4 Å². The maximum atomic E-state index is 12.9. The van der Waals surface area contributed by atoms with Crippen molar-refractivity contribution in [1.29, 1.82) is 0 Å². The molecule has 0 saturated heterocycles. The zero-order valence-corrected chi connectivity index (χ0v) is 15.8. The number of methoxy groups -OCH3 is 1. The Hall–Kier alpha value is -0.970. The van der Waals surface area contributed by atoms with Crippen LogP contribution in [0.4, 0.5) is 5.69 Å². The van der Waals surface area contributed by atoms with Crippen LogP contribution >= 0.6 is 24.0 Å². The van der Waals surface area contributed by atoms with Gasteiger partial charge >= 0.3 is 0 Å². The predicted molar refractivity (Wildman–Crippen MR) is 100 cm³/mol. The van der Waals surface area contributed by atoms with Gasteiger partial charge in [-0.25, -0.2) is 0 Å². The molecule has 134 valence electrons. The van der Waals surface area contributed by atoms with E-state index in [1.54, 1.807) is 24.1 Å². The van der Waals surface area contributed by atoms with Crippen molar-refractivity contribution in [1.82, 2.24) is 0 Å². The fourth-order valence-corrected chi connectivity index (χ4v) is 4.51. The van der Waals surface area contributed by atoms with E-state index in [1.807, 2.05) is 13.1 Å². The SMILES string of the molecule is COc1ccc(N(C)C(=O)C2CC3CCCC(C2)C3N)cc1Cl.Cl. The summed E-state index contributed by atoms with van der Waals surface area (Å²) in [6.07, 6.45) is 5.43. The molecule has 2 aliphatic rings. The molecule has 2 N–H and O–H groups in total. The minimum Gasteiger partial charge on any atom is -0.495 e. The third-order valence-corrected chi connectivity index (χ3v) is 5.91. The first-order valence-corrected chi connectivity index (χ1v) is 8.75. The number of benzene rings is 1. The van der Waals surface area contributed by atoms with Gasteiger partial charge < -0.3 is 15.4 Å². The number of fused-ring (bicyclic) bond motifs is 2. The van der Waals surface area contributed by atoms with Gasteiger partial charge in [-0.3, -0.25) is 4.79 Å². The molecular formula is C18H26Cl2N2O2. The van der Waals surface area contributed by atoms with Gasteiger partial charge in [0.25, 0.3) is 0 Å². The van der Waals surface area contributed by atoms with Crippen molar-refractivity contribution in [2.24, 2.45) is 23.5 Å². The highest BCUT2D eigenvalue weighted by atomic mass is 35.5. The molecule has 0 spiro atoms. The number of carbonyl (C=O) groups is 1. The van der Waals surface area contributed by atoms with Crippen molar-refractivity contribution in [3.05, 3.63) is 23.2 Å². The Morgan fingerprint density at radius 1 is 1.29 bits per heavy atom. The number of anilines is 1. The summed E-state index contributed by atoms with van der Waals surface area (Å²) in [5, 5.41) is 0.521. The lowest BCUT2D eigenvalue weighted by molar-refractivity contribution is -0.124. The first-order chi connectivity index (χ1) is 11.0. The quantitative estimate of drug-likeness (QED) is 0.875. The Bertz CT molecular complexity index is 582. The molecule has 1 aromatic carbocycles. The Morgan fingerprint density at radius 3 is 2.46 bits per heavy atom. The van der Waals surface area contributed by atoms with E-state index < -0.39 is 0 Å². The molecule has 0 aromatic heterocycles. The first-order valence-electron chi connectivity index (χ1n) is 8.38. The first kappa shape index (κ1) is 19.4. The van der Waals surface area contributed by atoms with Crippen LogP contribution in [-0.4, -0.2) is 26.1 Å². The summed E-state index contributed by atoms with van der Waals surface area (Å²) in [6.45, 7) is 0. The zero-order valence-electron chi connectivity index (χ0n) is 14.2. The average Bonchev–Trinajstić information content (AvgIpc) is 2.53. The van der Waals surface area contributed by atoms with Crippen molar-refractivity contribution >= 4 is 35.6 Å². The molecule has 1 aromatic rings. The third-order valence-electron chi connectivity index (χ3n) is 5.62. The number of amides is 1. The van der Waals surface area contributed by atoms with Crippen molar-refractivity contribution in [3.63, 3.8) is 0 Å². The van der Waals surface area contributed by atoms with E-state index in [4.69, 9.17) is 22.1 Å². The number of nitrogens with zero attached hydrogens (tertiary/aromatic N) is 1. The number of halogens is 2. The molecule has 2 atom stereocenters. The monoisotopic (exact) mass is 372 g/mol. The van der Waals surface area contributed by atoms with Gasteiger partial charge in [-0.2, -0.15) is 0 Å². The van der Waals surface area contributed by atoms with E-state index in [2.05, 4.69) is 0 Å². The standard InChI is InChI=1S/C18H25ClN2O2.ClH/c1-21(14-6-7-16(23-2)15(19)10-14)18(22)13-8-11-4-3-5-12(9-13)17(11)20;/h6-7,10-13,17H,3-5,8-9,20H2,1-2H3;1H. The highest BCUT2D eigenvalue weighted by Gasteiger charge is 2.41. The molecule has 4 nitrogen and oxygen atoms in total. The minimum atomic E-state index is 0. The zero-order chi connectivity index (χ0) is 16.6. The average molecular weight is 373 g/mol. The largest absolute Gasteiger partial charge is 0.495 e. The summed E-state index contributed by atoms with van der Waals surface area (Å²) in [7, 11) is 3.41. The van der Waals surface area contributed by atoms with Crippen LogP contribution in [0.1, 0.15) is 32.1 Å². The fourth-order valence-electron chi connectivity index (χ4n) is 4.26. The second-order valence-electron chi connectivity index (χ2n) is 6.91. The number of ether oxygens (including phenoxy) is 1. The maximum Gasteiger partial charge on any atom is 0.229 e. The predicted octanol–water partition coefficient (Wildman–Crippen LogP) is 3.89. The number of rotatable bonds is 3. The fraction of sp³-hybridized carbons (Fsp3) is 0.611. The highest BCUT2D eigenvalue weighted by Crippen LogP contribution is 2.42. The van der Waals surface area contributed by atoms with Crippen molar-refractivity contribution in [2.75, 3.05) is 19.1 Å². The summed E-state index contributed by atoms with van der Waals surface area (Å²) < 4.78 is 5.17. The maximum absolute atomic E-state index is 12.9. The van der Waals surface area contributed by atoms with Crippen LogP contribution in [0.25, 0.3) is 0 Å². The van der Waals surface area contributed by atoms with Crippen LogP contribution in [0, 0.1) is 17.8 Å². The Kier molecular flexibility index (Phi) is 6.40. The van der Waals surface area contributed by atoms with Gasteiger partial charge in [0.1, 0.15) is 5.75 Å². The molecule has 2 bridgehead atoms. The van der Waals surface area contributed by atoms with Gasteiger partial charge in [0.05, 0.1) is 12.1 Å². The molecule has 0 heterocycles. The summed E-state index contributed by atoms with van der Waals surface area (Å²) in [6, 6.07) is 5.74. The van der Waals surface area contributed by atoms with Crippen LogP contribution in [-0.2, 0) is 4.79 Å². The topological polar surface area (TPSA) is 55.6 Å². The van der Waals surface area contributed by atoms with Gasteiger partial charge in [0, 0.05) is 24.7 Å². The van der Waals surface area contributed by atoms with Crippen LogP contribution in [0.5, 0.6) is 5.75 Å². The van der Waals surface area contributed by atoms with Gasteiger partial charge in [0.15, 0.2) is 0 Å². The lowest BCUT2D eigenvalue weighted by Crippen LogP contribution is -2.49. The van der Waals surface area contributed by atoms with Crippen LogP contribution in [0.3, 0.4) is 0 Å². The molecule has 2 aliphatic carbocycles. The molecule has 3 rings (SSSR count). The van der Waals surface area contributed by atoms with E-state index in [1.165, 1.54) is 19.3 Å². The molecule has 2 fully saturated rings. The smallest absolute Gasteiger partial charge is 0.229 e. The minimum absolute atomic E-state index is 0. The molecule has 2 unspecified atom stereocenters. The molecule has 6 heteroatoms. The van der Waals surface area contributed by atoms with Crippen LogP contribution < -0.4 is 15.4 Å². The number of carbonyl (C=O) groups excluding carboxylic acids is 1. The van der Waals surface area contributed by atoms with Crippen LogP contribution in [0.2, 0.25) is 5.02 Å². The summed E-state index contributed by atoms with van der Waals surface area (Å²) in [5.74, 6) is 1.88. The Balaban J connectivity index is 0.00000208. The summed E-state index contributed by atoms with van der Waals surface area (Å²) >= 11 is 6.18. The second-order valence-corrected chi connectivity index (χ2v) is 7.32. The van der Waals surface area contributed by atoms with E-state index in [-0.39, 0.29) is 30.3 Å². The lowest BCUT2D eigenvalue weighted by Gasteiger charge is -2.44. The molecule has 0 radical (unpaired) electrons. The highest BCUT2D eigenvalue weighted by molar-refractivity contribution is 6.32. The van der Waals surface area contributed by atoms with E-state index in [0.717, 1.165) is 18.5 Å². The number of hydrogen-bond donors (Lipinski definition) is 1. The van der Waals surface area contributed by atoms with Crippen LogP contribution in [0.15, 0.2) is 18.2 Å². The van der Waals surface area contributed by atoms with Gasteiger partial charge in [0.2, 0.25) is 5.91 Å². The van der Waals surface area contributed by atoms with E-state index in [0.29, 0.717) is 22.6 Å². The molecule has 1 amide bonds. The molecule has 0 aliphatic heterocycles. The molecule has 24 heavy (non-hydrogen) atoms. The number of hydrogen-bond acceptors (Lipinski definition) is 3. The van der Waals surface area contributed by atoms with Crippen molar-refractivity contribution < 1.29 is 9.53 Å². The Morgan fingerprint density at radius 2 is 1.92 bits per heavy atom. The molecule has 2 saturated carbocycles. The van der Waals surface area contributed by atoms with Gasteiger partial charge in [-0.05, 0) is 55.7 Å². The third kappa shape index (κ3) is 3.66.